The molecule has 4 heteroatoms. The first kappa shape index (κ1) is 10.6. The first-order valence-electron chi connectivity index (χ1n) is 5.06. The van der Waals surface area contributed by atoms with E-state index >= 15 is 0 Å². The Morgan fingerprint density at radius 1 is 1.50 bits per heavy atom. The minimum atomic E-state index is -0.875. The zero-order valence-electron chi connectivity index (χ0n) is 8.88. The van der Waals surface area contributed by atoms with Gasteiger partial charge in [-0.2, -0.15) is 5.26 Å². The van der Waals surface area contributed by atoms with Gasteiger partial charge in [-0.3, -0.25) is 4.79 Å². The molecule has 0 bridgehead atoms. The molecular formula is C12H11FN2O. The summed E-state index contributed by atoms with van der Waals surface area (Å²) in [5, 5.41) is 11.4. The van der Waals surface area contributed by atoms with Crippen LogP contribution in [0.3, 0.4) is 0 Å². The van der Waals surface area contributed by atoms with Gasteiger partial charge in [0.1, 0.15) is 11.2 Å². The second-order valence-corrected chi connectivity index (χ2v) is 4.17. The molecule has 1 aliphatic rings. The third-order valence-electron chi connectivity index (χ3n) is 2.70. The van der Waals surface area contributed by atoms with Gasteiger partial charge in [0.15, 0.2) is 0 Å². The fraction of sp³-hybridized carbons (Fsp3) is 0.333. The average Bonchev–Trinajstić information content (AvgIpc) is 2.96. The van der Waals surface area contributed by atoms with Crippen molar-refractivity contribution in [3.8, 4) is 6.07 Å². The summed E-state index contributed by atoms with van der Waals surface area (Å²) < 4.78 is 13.1. The van der Waals surface area contributed by atoms with Crippen LogP contribution < -0.4 is 5.32 Å². The lowest BCUT2D eigenvalue weighted by molar-refractivity contribution is -0.119. The predicted octanol–water partition coefficient (Wildman–Crippen LogP) is 2.38. The lowest BCUT2D eigenvalue weighted by Gasteiger charge is -2.08. The van der Waals surface area contributed by atoms with E-state index in [9.17, 15) is 9.18 Å². The van der Waals surface area contributed by atoms with Crippen molar-refractivity contribution in [2.45, 2.75) is 19.8 Å². The molecular weight excluding hydrogens is 207 g/mol. The summed E-state index contributed by atoms with van der Waals surface area (Å²) in [6.45, 7) is 1.75. The van der Waals surface area contributed by atoms with Crippen molar-refractivity contribution < 1.29 is 9.18 Å². The molecule has 82 valence electrons. The van der Waals surface area contributed by atoms with Gasteiger partial charge in [0.25, 0.3) is 0 Å². The van der Waals surface area contributed by atoms with Crippen molar-refractivity contribution in [2.24, 2.45) is 5.41 Å². The molecule has 0 heterocycles. The number of rotatable bonds is 2. The molecule has 3 nitrogen and oxygen atoms in total. The molecule has 0 unspecified atom stereocenters. The van der Waals surface area contributed by atoms with E-state index in [1.54, 1.807) is 13.0 Å². The Hall–Kier alpha value is -1.89. The summed E-state index contributed by atoms with van der Waals surface area (Å²) in [6.07, 6.45) is 1.17. The van der Waals surface area contributed by atoms with E-state index in [0.717, 1.165) is 5.56 Å². The molecule has 1 fully saturated rings. The number of carbonyl (C=O) groups is 1. The van der Waals surface area contributed by atoms with Crippen molar-refractivity contribution in [3.63, 3.8) is 0 Å². The summed E-state index contributed by atoms with van der Waals surface area (Å²) in [4.78, 5) is 11.7. The van der Waals surface area contributed by atoms with Gasteiger partial charge in [0.2, 0.25) is 5.91 Å². The van der Waals surface area contributed by atoms with Crippen molar-refractivity contribution in [2.75, 3.05) is 5.32 Å². The van der Waals surface area contributed by atoms with Crippen LogP contribution in [0.1, 0.15) is 18.4 Å². The topological polar surface area (TPSA) is 52.9 Å². The second-order valence-electron chi connectivity index (χ2n) is 4.17. The van der Waals surface area contributed by atoms with Crippen LogP contribution in [0.25, 0.3) is 0 Å². The molecule has 2 rings (SSSR count). The highest BCUT2D eigenvalue weighted by Crippen LogP contribution is 2.45. The fourth-order valence-corrected chi connectivity index (χ4v) is 1.57. The molecule has 0 saturated heterocycles. The van der Waals surface area contributed by atoms with Gasteiger partial charge in [-0.15, -0.1) is 0 Å². The maximum atomic E-state index is 13.1. The third kappa shape index (κ3) is 1.89. The number of benzene rings is 1. The van der Waals surface area contributed by atoms with Crippen LogP contribution in [0.4, 0.5) is 10.1 Å². The van der Waals surface area contributed by atoms with E-state index in [0.29, 0.717) is 18.5 Å². The molecule has 1 amide bonds. The number of anilines is 1. The fourth-order valence-electron chi connectivity index (χ4n) is 1.57. The lowest BCUT2D eigenvalue weighted by atomic mass is 10.1. The minimum Gasteiger partial charge on any atom is -0.325 e. The number of nitrogens with one attached hydrogen (secondary N) is 1. The van der Waals surface area contributed by atoms with E-state index < -0.39 is 11.2 Å². The molecule has 1 aromatic carbocycles. The quantitative estimate of drug-likeness (QED) is 0.828. The highest BCUT2D eigenvalue weighted by atomic mass is 19.1. The van der Waals surface area contributed by atoms with Gasteiger partial charge in [0, 0.05) is 5.69 Å². The van der Waals surface area contributed by atoms with E-state index in [1.807, 2.05) is 6.07 Å². The number of carbonyl (C=O) groups excluding carboxylic acids is 1. The van der Waals surface area contributed by atoms with Gasteiger partial charge in [-0.25, -0.2) is 4.39 Å². The Kier molecular flexibility index (Phi) is 2.39. The number of hydrogen-bond donors (Lipinski definition) is 1. The van der Waals surface area contributed by atoms with E-state index in [2.05, 4.69) is 5.32 Å². The average molecular weight is 218 g/mol. The summed E-state index contributed by atoms with van der Waals surface area (Å²) in [5.74, 6) is -0.725. The SMILES string of the molecule is Cc1cc(F)cc(NC(=O)C2(C#N)CC2)c1. The number of aryl methyl sites for hydroxylation is 1. The molecule has 0 radical (unpaired) electrons. The molecule has 0 aliphatic heterocycles. The molecule has 16 heavy (non-hydrogen) atoms. The Labute approximate surface area is 92.9 Å². The third-order valence-corrected chi connectivity index (χ3v) is 2.70. The molecule has 0 atom stereocenters. The monoisotopic (exact) mass is 218 g/mol. The molecule has 1 saturated carbocycles. The minimum absolute atomic E-state index is 0.333. The van der Waals surface area contributed by atoms with Crippen LogP contribution in [-0.2, 0) is 4.79 Å². The van der Waals surface area contributed by atoms with Crippen molar-refractivity contribution >= 4 is 11.6 Å². The van der Waals surface area contributed by atoms with Crippen LogP contribution in [0.15, 0.2) is 18.2 Å². The Morgan fingerprint density at radius 2 is 2.19 bits per heavy atom. The first-order chi connectivity index (χ1) is 7.55. The molecule has 0 aromatic heterocycles. The molecule has 1 aliphatic carbocycles. The second kappa shape index (κ2) is 3.60. The largest absolute Gasteiger partial charge is 0.325 e. The highest BCUT2D eigenvalue weighted by molar-refractivity contribution is 5.99. The Balaban J connectivity index is 2.16. The Morgan fingerprint density at radius 3 is 2.69 bits per heavy atom. The van der Waals surface area contributed by atoms with Gasteiger partial charge < -0.3 is 5.32 Å². The van der Waals surface area contributed by atoms with Crippen LogP contribution in [-0.4, -0.2) is 5.91 Å². The normalized spacial score (nSPS) is 16.3. The molecule has 1 aromatic rings. The van der Waals surface area contributed by atoms with Gasteiger partial charge in [-0.1, -0.05) is 0 Å². The number of nitriles is 1. The van der Waals surface area contributed by atoms with Crippen molar-refractivity contribution in [1.82, 2.24) is 0 Å². The van der Waals surface area contributed by atoms with Gasteiger partial charge in [0.05, 0.1) is 6.07 Å². The summed E-state index contributed by atoms with van der Waals surface area (Å²) in [5.41, 5.74) is 0.265. The van der Waals surface area contributed by atoms with Gasteiger partial charge in [-0.05, 0) is 43.5 Å². The van der Waals surface area contributed by atoms with Crippen LogP contribution in [0.5, 0.6) is 0 Å². The maximum Gasteiger partial charge on any atom is 0.244 e. The van der Waals surface area contributed by atoms with E-state index in [1.165, 1.54) is 12.1 Å². The van der Waals surface area contributed by atoms with Crippen LogP contribution >= 0.6 is 0 Å². The van der Waals surface area contributed by atoms with Crippen LogP contribution in [0, 0.1) is 29.5 Å². The molecule has 1 N–H and O–H groups in total. The predicted molar refractivity (Wildman–Crippen MR) is 57.0 cm³/mol. The smallest absolute Gasteiger partial charge is 0.244 e. The lowest BCUT2D eigenvalue weighted by Crippen LogP contribution is -2.22. The number of hydrogen-bond acceptors (Lipinski definition) is 2. The summed E-state index contributed by atoms with van der Waals surface area (Å²) in [7, 11) is 0. The van der Waals surface area contributed by atoms with Crippen molar-refractivity contribution in [1.29, 1.82) is 5.26 Å². The number of amides is 1. The Bertz CT molecular complexity index is 466. The zero-order chi connectivity index (χ0) is 11.8. The van der Waals surface area contributed by atoms with E-state index in [4.69, 9.17) is 5.26 Å². The summed E-state index contributed by atoms with van der Waals surface area (Å²) >= 11 is 0. The zero-order valence-corrected chi connectivity index (χ0v) is 8.88. The first-order valence-corrected chi connectivity index (χ1v) is 5.06. The molecule has 0 spiro atoms. The summed E-state index contributed by atoms with van der Waals surface area (Å²) in [6, 6.07) is 6.30. The van der Waals surface area contributed by atoms with Crippen LogP contribution in [0.2, 0.25) is 0 Å². The van der Waals surface area contributed by atoms with Gasteiger partial charge >= 0.3 is 0 Å². The highest BCUT2D eigenvalue weighted by Gasteiger charge is 2.50. The standard InChI is InChI=1S/C12H11FN2O/c1-8-4-9(13)6-10(5-8)15-11(16)12(7-14)2-3-12/h4-6H,2-3H2,1H3,(H,15,16). The number of nitrogens with zero attached hydrogens (tertiary/aromatic N) is 1. The maximum absolute atomic E-state index is 13.1. The van der Waals surface area contributed by atoms with E-state index in [-0.39, 0.29) is 5.91 Å². The number of halogens is 1. The van der Waals surface area contributed by atoms with Crippen molar-refractivity contribution in [3.05, 3.63) is 29.6 Å².